The minimum atomic E-state index is -4.71. The molecule has 0 spiro atoms. The van der Waals surface area contributed by atoms with Crippen LogP contribution < -0.4 is 5.32 Å². The van der Waals surface area contributed by atoms with Crippen LogP contribution in [0.15, 0.2) is 30.5 Å². The lowest BCUT2D eigenvalue weighted by Gasteiger charge is -2.07. The summed E-state index contributed by atoms with van der Waals surface area (Å²) < 4.78 is 55.7. The number of nitrogens with zero attached hydrogens (tertiary/aromatic N) is 4. The number of rotatable bonds is 6. The largest absolute Gasteiger partial charge is 0.436 e. The lowest BCUT2D eigenvalue weighted by molar-refractivity contribution is -0.141. The predicted molar refractivity (Wildman–Crippen MR) is 106 cm³/mol. The van der Waals surface area contributed by atoms with E-state index in [1.165, 1.54) is 29.1 Å². The van der Waals surface area contributed by atoms with Crippen LogP contribution in [0.25, 0.3) is 0 Å². The molecule has 1 aliphatic rings. The molecule has 0 saturated heterocycles. The fourth-order valence-electron chi connectivity index (χ4n) is 3.18. The second-order valence-electron chi connectivity index (χ2n) is 7.12. The average molecular weight is 476 g/mol. The van der Waals surface area contributed by atoms with Gasteiger partial charge in [-0.25, -0.2) is 4.39 Å². The number of amides is 1. The third kappa shape index (κ3) is 4.69. The SMILES string of the molecule is O=C(Cn1nc(C(F)(F)F)c(Cl)c1C1CC1)Nc1ccn(Cc2c(F)cccc2Cl)n1. The summed E-state index contributed by atoms with van der Waals surface area (Å²) in [6.07, 6.45) is -1.82. The van der Waals surface area contributed by atoms with Gasteiger partial charge in [0.05, 0.1) is 17.3 Å². The second-order valence-corrected chi connectivity index (χ2v) is 7.91. The van der Waals surface area contributed by atoms with Crippen LogP contribution in [0.4, 0.5) is 23.4 Å². The molecule has 1 amide bonds. The second kappa shape index (κ2) is 8.16. The monoisotopic (exact) mass is 475 g/mol. The van der Waals surface area contributed by atoms with E-state index in [2.05, 4.69) is 15.5 Å². The number of anilines is 1. The standard InChI is InChI=1S/C19H15Cl2F4N5O/c20-12-2-1-3-13(22)11(12)8-29-7-6-14(27-29)26-15(31)9-30-17(10-4-5-10)16(21)18(28-30)19(23,24)25/h1-3,6-7,10H,4-5,8-9H2,(H,26,27,31). The van der Waals surface area contributed by atoms with Crippen molar-refractivity contribution in [3.8, 4) is 0 Å². The Morgan fingerprint density at radius 1 is 1.19 bits per heavy atom. The van der Waals surface area contributed by atoms with Crippen LogP contribution in [-0.2, 0) is 24.1 Å². The normalized spacial score (nSPS) is 14.1. The first-order valence-electron chi connectivity index (χ1n) is 9.23. The molecule has 0 atom stereocenters. The zero-order valence-electron chi connectivity index (χ0n) is 15.8. The highest BCUT2D eigenvalue weighted by molar-refractivity contribution is 6.32. The fourth-order valence-corrected chi connectivity index (χ4v) is 3.80. The van der Waals surface area contributed by atoms with Crippen LogP contribution in [0.1, 0.15) is 35.7 Å². The Kier molecular flexibility index (Phi) is 5.69. The van der Waals surface area contributed by atoms with Gasteiger partial charge >= 0.3 is 6.18 Å². The number of carbonyl (C=O) groups excluding carboxylic acids is 1. The van der Waals surface area contributed by atoms with E-state index in [9.17, 15) is 22.4 Å². The maximum absolute atomic E-state index is 13.9. The van der Waals surface area contributed by atoms with Gasteiger partial charge in [-0.2, -0.15) is 23.4 Å². The molecule has 0 radical (unpaired) electrons. The molecule has 2 heterocycles. The number of alkyl halides is 3. The summed E-state index contributed by atoms with van der Waals surface area (Å²) in [7, 11) is 0. The van der Waals surface area contributed by atoms with Gasteiger partial charge in [0.15, 0.2) is 11.5 Å². The molecule has 31 heavy (non-hydrogen) atoms. The lowest BCUT2D eigenvalue weighted by atomic mass is 10.2. The van der Waals surface area contributed by atoms with Crippen molar-refractivity contribution in [1.29, 1.82) is 0 Å². The number of nitrogens with one attached hydrogen (secondary N) is 1. The molecule has 12 heteroatoms. The summed E-state index contributed by atoms with van der Waals surface area (Å²) in [5, 5.41) is 9.92. The van der Waals surface area contributed by atoms with Gasteiger partial charge in [-0.05, 0) is 25.0 Å². The summed E-state index contributed by atoms with van der Waals surface area (Å²) in [6, 6.07) is 5.78. The Balaban J connectivity index is 1.47. The quantitative estimate of drug-likeness (QED) is 0.503. The Morgan fingerprint density at radius 3 is 2.58 bits per heavy atom. The Labute approximate surface area is 183 Å². The minimum absolute atomic E-state index is 0.0386. The molecule has 1 fully saturated rings. The first kappa shape index (κ1) is 21.6. The summed E-state index contributed by atoms with van der Waals surface area (Å²) in [4.78, 5) is 12.4. The van der Waals surface area contributed by atoms with E-state index in [-0.39, 0.29) is 34.6 Å². The van der Waals surface area contributed by atoms with Crippen LogP contribution in [0.5, 0.6) is 0 Å². The van der Waals surface area contributed by atoms with E-state index in [0.717, 1.165) is 4.68 Å². The van der Waals surface area contributed by atoms with Crippen molar-refractivity contribution in [3.63, 3.8) is 0 Å². The Morgan fingerprint density at radius 2 is 1.94 bits per heavy atom. The highest BCUT2D eigenvalue weighted by Gasteiger charge is 2.42. The fraction of sp³-hybridized carbons (Fsp3) is 0.316. The van der Waals surface area contributed by atoms with Crippen LogP contribution in [0.2, 0.25) is 10.0 Å². The molecule has 0 bridgehead atoms. The zero-order chi connectivity index (χ0) is 22.3. The van der Waals surface area contributed by atoms with Crippen LogP contribution in [0, 0.1) is 5.82 Å². The summed E-state index contributed by atoms with van der Waals surface area (Å²) in [5.74, 6) is -1.10. The Hall–Kier alpha value is -2.59. The van der Waals surface area contributed by atoms with Gasteiger partial charge in [0.1, 0.15) is 12.4 Å². The molecule has 1 N–H and O–H groups in total. The number of carbonyl (C=O) groups is 1. The van der Waals surface area contributed by atoms with Crippen molar-refractivity contribution in [1.82, 2.24) is 19.6 Å². The van der Waals surface area contributed by atoms with Crippen molar-refractivity contribution in [2.24, 2.45) is 0 Å². The van der Waals surface area contributed by atoms with E-state index >= 15 is 0 Å². The molecule has 3 aromatic rings. The van der Waals surface area contributed by atoms with Crippen molar-refractivity contribution < 1.29 is 22.4 Å². The minimum Gasteiger partial charge on any atom is -0.308 e. The number of aromatic nitrogens is 4. The summed E-state index contributed by atoms with van der Waals surface area (Å²) >= 11 is 11.9. The number of halogens is 6. The lowest BCUT2D eigenvalue weighted by Crippen LogP contribution is -2.21. The first-order chi connectivity index (χ1) is 14.6. The van der Waals surface area contributed by atoms with Gasteiger partial charge in [0.2, 0.25) is 5.91 Å². The van der Waals surface area contributed by atoms with Crippen molar-refractivity contribution in [2.75, 3.05) is 5.32 Å². The van der Waals surface area contributed by atoms with Gasteiger partial charge < -0.3 is 5.32 Å². The average Bonchev–Trinajstić information content (AvgIpc) is 3.32. The molecule has 6 nitrogen and oxygen atoms in total. The van der Waals surface area contributed by atoms with Crippen molar-refractivity contribution in [3.05, 3.63) is 63.3 Å². The molecule has 1 saturated carbocycles. The third-order valence-electron chi connectivity index (χ3n) is 4.75. The van der Waals surface area contributed by atoms with Crippen molar-refractivity contribution in [2.45, 2.75) is 38.0 Å². The molecule has 0 aliphatic heterocycles. The molecule has 2 aromatic heterocycles. The van der Waals surface area contributed by atoms with E-state index in [1.54, 1.807) is 6.07 Å². The number of hydrogen-bond acceptors (Lipinski definition) is 3. The molecule has 4 rings (SSSR count). The van der Waals surface area contributed by atoms with Crippen LogP contribution in [-0.4, -0.2) is 25.5 Å². The van der Waals surface area contributed by atoms with E-state index in [0.29, 0.717) is 12.8 Å². The highest BCUT2D eigenvalue weighted by atomic mass is 35.5. The van der Waals surface area contributed by atoms with E-state index in [1.807, 2.05) is 0 Å². The van der Waals surface area contributed by atoms with Gasteiger partial charge in [-0.3, -0.25) is 14.2 Å². The highest BCUT2D eigenvalue weighted by Crippen LogP contribution is 2.46. The number of benzene rings is 1. The van der Waals surface area contributed by atoms with Gasteiger partial charge in [-0.1, -0.05) is 29.3 Å². The van der Waals surface area contributed by atoms with Crippen LogP contribution in [0.3, 0.4) is 0 Å². The predicted octanol–water partition coefficient (Wildman–Crippen LogP) is 5.11. The summed E-state index contributed by atoms with van der Waals surface area (Å²) in [6.45, 7) is -0.412. The molecular formula is C19H15Cl2F4N5O. The van der Waals surface area contributed by atoms with Crippen molar-refractivity contribution >= 4 is 34.9 Å². The first-order valence-corrected chi connectivity index (χ1v) is 9.98. The van der Waals surface area contributed by atoms with E-state index < -0.39 is 35.2 Å². The third-order valence-corrected chi connectivity index (χ3v) is 5.47. The van der Waals surface area contributed by atoms with Crippen LogP contribution >= 0.6 is 23.2 Å². The molecule has 1 aliphatic carbocycles. The summed E-state index contributed by atoms with van der Waals surface area (Å²) in [5.41, 5.74) is -0.746. The maximum atomic E-state index is 13.9. The maximum Gasteiger partial charge on any atom is 0.436 e. The smallest absolute Gasteiger partial charge is 0.308 e. The van der Waals surface area contributed by atoms with E-state index in [4.69, 9.17) is 23.2 Å². The molecular weight excluding hydrogens is 461 g/mol. The molecule has 0 unspecified atom stereocenters. The Bertz CT molecular complexity index is 1120. The molecule has 1 aromatic carbocycles. The van der Waals surface area contributed by atoms with Gasteiger partial charge in [0.25, 0.3) is 0 Å². The molecule has 164 valence electrons. The zero-order valence-corrected chi connectivity index (χ0v) is 17.3. The number of hydrogen-bond donors (Lipinski definition) is 1. The van der Waals surface area contributed by atoms with Gasteiger partial charge in [0, 0.05) is 28.8 Å². The van der Waals surface area contributed by atoms with Gasteiger partial charge in [-0.15, -0.1) is 0 Å². The topological polar surface area (TPSA) is 64.7 Å².